The van der Waals surface area contributed by atoms with Gasteiger partial charge in [-0.25, -0.2) is 0 Å². The Morgan fingerprint density at radius 2 is 2.06 bits per heavy atom. The van der Waals surface area contributed by atoms with Crippen LogP contribution in [0.4, 0.5) is 0 Å². The maximum absolute atomic E-state index is 5.56. The van der Waals surface area contributed by atoms with Crippen molar-refractivity contribution in [2.75, 3.05) is 19.8 Å². The van der Waals surface area contributed by atoms with Gasteiger partial charge in [0.2, 0.25) is 0 Å². The number of nitrogens with one attached hydrogen (secondary N) is 1. The van der Waals surface area contributed by atoms with Crippen LogP contribution < -0.4 is 5.32 Å². The first-order valence-corrected chi connectivity index (χ1v) is 7.25. The Morgan fingerprint density at radius 1 is 1.29 bits per heavy atom. The van der Waals surface area contributed by atoms with Gasteiger partial charge in [-0.2, -0.15) is 0 Å². The van der Waals surface area contributed by atoms with Crippen LogP contribution >= 0.6 is 11.3 Å². The molecule has 0 aliphatic rings. The lowest BCUT2D eigenvalue weighted by Crippen LogP contribution is -2.19. The van der Waals surface area contributed by atoms with E-state index in [9.17, 15) is 0 Å². The Balaban J connectivity index is 2.03. The molecule has 17 heavy (non-hydrogen) atoms. The molecule has 0 aliphatic heterocycles. The molecule has 0 saturated heterocycles. The van der Waals surface area contributed by atoms with Gasteiger partial charge in [0.25, 0.3) is 0 Å². The van der Waals surface area contributed by atoms with Crippen molar-refractivity contribution < 1.29 is 4.74 Å². The van der Waals surface area contributed by atoms with Crippen molar-refractivity contribution in [1.82, 2.24) is 5.32 Å². The largest absolute Gasteiger partial charge is 0.380 e. The summed E-state index contributed by atoms with van der Waals surface area (Å²) in [6.45, 7) is 12.4. The summed E-state index contributed by atoms with van der Waals surface area (Å²) in [6.07, 6.45) is 1.16. The lowest BCUT2D eigenvalue weighted by Gasteiger charge is -2.07. The standard InChI is InChI=1S/C14H25NOS/c1-11(2)5-7-16-8-6-15-10-14-9-12(3)17-13(14)4/h9,11,15H,5-8,10H2,1-4H3. The van der Waals surface area contributed by atoms with Gasteiger partial charge in [0.15, 0.2) is 0 Å². The van der Waals surface area contributed by atoms with E-state index in [1.165, 1.54) is 15.3 Å². The molecule has 0 atom stereocenters. The summed E-state index contributed by atoms with van der Waals surface area (Å²) in [5, 5.41) is 3.43. The van der Waals surface area contributed by atoms with Crippen LogP contribution in [0.3, 0.4) is 0 Å². The Bertz CT molecular complexity index is 320. The lowest BCUT2D eigenvalue weighted by atomic mass is 10.1. The van der Waals surface area contributed by atoms with Crippen LogP contribution in [0.5, 0.6) is 0 Å². The molecule has 1 aromatic rings. The summed E-state index contributed by atoms with van der Waals surface area (Å²) in [5.41, 5.74) is 1.43. The second-order valence-electron chi connectivity index (χ2n) is 4.91. The van der Waals surface area contributed by atoms with Crippen molar-refractivity contribution in [3.05, 3.63) is 21.4 Å². The molecular weight excluding hydrogens is 230 g/mol. The fourth-order valence-electron chi connectivity index (χ4n) is 1.65. The second-order valence-corrected chi connectivity index (χ2v) is 6.37. The maximum atomic E-state index is 5.56. The Morgan fingerprint density at radius 3 is 2.65 bits per heavy atom. The van der Waals surface area contributed by atoms with Crippen LogP contribution in [0, 0.1) is 19.8 Å². The van der Waals surface area contributed by atoms with Crippen molar-refractivity contribution >= 4 is 11.3 Å². The average Bonchev–Trinajstić information content (AvgIpc) is 2.55. The third-order valence-electron chi connectivity index (χ3n) is 2.72. The predicted molar refractivity (Wildman–Crippen MR) is 75.8 cm³/mol. The molecule has 1 N–H and O–H groups in total. The summed E-state index contributed by atoms with van der Waals surface area (Å²) >= 11 is 1.87. The highest BCUT2D eigenvalue weighted by molar-refractivity contribution is 7.12. The monoisotopic (exact) mass is 255 g/mol. The van der Waals surface area contributed by atoms with Crippen LogP contribution in [0.15, 0.2) is 6.07 Å². The minimum atomic E-state index is 0.736. The third kappa shape index (κ3) is 6.20. The number of thiophene rings is 1. The smallest absolute Gasteiger partial charge is 0.0591 e. The molecule has 0 bridgehead atoms. The molecule has 0 saturated carbocycles. The summed E-state index contributed by atoms with van der Waals surface area (Å²) < 4.78 is 5.56. The zero-order valence-electron chi connectivity index (χ0n) is 11.5. The van der Waals surface area contributed by atoms with Gasteiger partial charge < -0.3 is 10.1 Å². The molecule has 1 aromatic heterocycles. The first-order valence-electron chi connectivity index (χ1n) is 6.44. The molecule has 98 valence electrons. The minimum Gasteiger partial charge on any atom is -0.380 e. The molecule has 0 aliphatic carbocycles. The average molecular weight is 255 g/mol. The third-order valence-corrected chi connectivity index (χ3v) is 3.73. The topological polar surface area (TPSA) is 21.3 Å². The van der Waals surface area contributed by atoms with Crippen LogP contribution in [-0.2, 0) is 11.3 Å². The van der Waals surface area contributed by atoms with Crippen LogP contribution in [0.1, 0.15) is 35.6 Å². The maximum Gasteiger partial charge on any atom is 0.0591 e. The van der Waals surface area contributed by atoms with Gasteiger partial charge in [0, 0.05) is 29.5 Å². The van der Waals surface area contributed by atoms with Crippen LogP contribution in [0.25, 0.3) is 0 Å². The fraction of sp³-hybridized carbons (Fsp3) is 0.714. The molecule has 0 unspecified atom stereocenters. The van der Waals surface area contributed by atoms with E-state index in [4.69, 9.17) is 4.74 Å². The van der Waals surface area contributed by atoms with Crippen molar-refractivity contribution in [2.45, 2.75) is 40.7 Å². The number of hydrogen-bond acceptors (Lipinski definition) is 3. The predicted octanol–water partition coefficient (Wildman–Crippen LogP) is 3.52. The number of rotatable bonds is 8. The number of hydrogen-bond donors (Lipinski definition) is 1. The van der Waals surface area contributed by atoms with E-state index in [-0.39, 0.29) is 0 Å². The van der Waals surface area contributed by atoms with E-state index in [0.717, 1.165) is 38.6 Å². The van der Waals surface area contributed by atoms with Gasteiger partial charge in [-0.1, -0.05) is 13.8 Å². The Labute approximate surface area is 109 Å². The normalized spacial score (nSPS) is 11.4. The van der Waals surface area contributed by atoms with Gasteiger partial charge >= 0.3 is 0 Å². The highest BCUT2D eigenvalue weighted by atomic mass is 32.1. The van der Waals surface area contributed by atoms with Gasteiger partial charge in [-0.15, -0.1) is 11.3 Å². The van der Waals surface area contributed by atoms with Crippen LogP contribution in [0.2, 0.25) is 0 Å². The molecule has 0 fully saturated rings. The molecule has 0 amide bonds. The highest BCUT2D eigenvalue weighted by Crippen LogP contribution is 2.19. The van der Waals surface area contributed by atoms with E-state index in [1.54, 1.807) is 0 Å². The zero-order chi connectivity index (χ0) is 12.7. The molecule has 0 aromatic carbocycles. The SMILES string of the molecule is Cc1cc(CNCCOCCC(C)C)c(C)s1. The molecule has 0 spiro atoms. The summed E-state index contributed by atoms with van der Waals surface area (Å²) in [4.78, 5) is 2.82. The van der Waals surface area contributed by atoms with Crippen molar-refractivity contribution in [2.24, 2.45) is 5.92 Å². The molecule has 2 nitrogen and oxygen atoms in total. The molecule has 1 rings (SSSR count). The number of aryl methyl sites for hydroxylation is 2. The van der Waals surface area contributed by atoms with Crippen LogP contribution in [-0.4, -0.2) is 19.8 Å². The molecular formula is C14H25NOS. The van der Waals surface area contributed by atoms with Crippen molar-refractivity contribution in [3.8, 4) is 0 Å². The lowest BCUT2D eigenvalue weighted by molar-refractivity contribution is 0.125. The summed E-state index contributed by atoms with van der Waals surface area (Å²) in [7, 11) is 0. The van der Waals surface area contributed by atoms with Crippen molar-refractivity contribution in [3.63, 3.8) is 0 Å². The number of ether oxygens (including phenoxy) is 1. The van der Waals surface area contributed by atoms with E-state index < -0.39 is 0 Å². The van der Waals surface area contributed by atoms with Gasteiger partial charge in [-0.05, 0) is 37.8 Å². The molecule has 0 radical (unpaired) electrons. The molecule has 1 heterocycles. The zero-order valence-corrected chi connectivity index (χ0v) is 12.3. The van der Waals surface area contributed by atoms with E-state index in [1.807, 2.05) is 11.3 Å². The first-order chi connectivity index (χ1) is 8.09. The van der Waals surface area contributed by atoms with E-state index >= 15 is 0 Å². The second kappa shape index (κ2) is 7.85. The molecule has 3 heteroatoms. The van der Waals surface area contributed by atoms with Gasteiger partial charge in [0.1, 0.15) is 0 Å². The van der Waals surface area contributed by atoms with E-state index in [2.05, 4.69) is 39.1 Å². The first kappa shape index (κ1) is 14.7. The summed E-state index contributed by atoms with van der Waals surface area (Å²) in [5.74, 6) is 0.736. The Kier molecular flexibility index (Phi) is 6.78. The van der Waals surface area contributed by atoms with Gasteiger partial charge in [0.05, 0.1) is 6.61 Å². The highest BCUT2D eigenvalue weighted by Gasteiger charge is 2.01. The summed E-state index contributed by atoms with van der Waals surface area (Å²) in [6, 6.07) is 2.27. The minimum absolute atomic E-state index is 0.736. The fourth-order valence-corrected chi connectivity index (χ4v) is 2.59. The van der Waals surface area contributed by atoms with Crippen molar-refractivity contribution in [1.29, 1.82) is 0 Å². The van der Waals surface area contributed by atoms with E-state index in [0.29, 0.717) is 0 Å². The van der Waals surface area contributed by atoms with Gasteiger partial charge in [-0.3, -0.25) is 0 Å². The Hall–Kier alpha value is -0.380. The quantitative estimate of drug-likeness (QED) is 0.718.